The normalized spacial score (nSPS) is 13.0. The third kappa shape index (κ3) is 3.67. The van der Waals surface area contributed by atoms with E-state index in [1.165, 1.54) is 18.9 Å². The van der Waals surface area contributed by atoms with Crippen molar-refractivity contribution in [2.24, 2.45) is 0 Å². The highest BCUT2D eigenvalue weighted by molar-refractivity contribution is 7.89. The lowest BCUT2D eigenvalue weighted by atomic mass is 10.3. The quantitative estimate of drug-likeness (QED) is 0.781. The fourth-order valence-electron chi connectivity index (χ4n) is 1.59. The van der Waals surface area contributed by atoms with Gasteiger partial charge in [0.15, 0.2) is 5.82 Å². The summed E-state index contributed by atoms with van der Waals surface area (Å²) in [4.78, 5) is 12.3. The SMILES string of the molecule is CCN(C)C(=O)C(C)NS(=O)(=O)c1ccc(F)c(N)c1F. The molecule has 0 bridgehead atoms. The average molecular weight is 321 g/mol. The van der Waals surface area contributed by atoms with E-state index in [2.05, 4.69) is 0 Å². The molecule has 21 heavy (non-hydrogen) atoms. The van der Waals surface area contributed by atoms with E-state index in [4.69, 9.17) is 5.73 Å². The smallest absolute Gasteiger partial charge is 0.244 e. The Kier molecular flexibility index (Phi) is 5.24. The molecule has 6 nitrogen and oxygen atoms in total. The number of amides is 1. The van der Waals surface area contributed by atoms with E-state index in [1.807, 2.05) is 4.72 Å². The molecule has 1 amide bonds. The molecule has 0 fully saturated rings. The molecular formula is C12H17F2N3O3S. The van der Waals surface area contributed by atoms with Crippen LogP contribution in [0.1, 0.15) is 13.8 Å². The van der Waals surface area contributed by atoms with Gasteiger partial charge in [0.05, 0.1) is 6.04 Å². The summed E-state index contributed by atoms with van der Waals surface area (Å²) >= 11 is 0. The number of carbonyl (C=O) groups is 1. The Morgan fingerprint density at radius 2 is 2.00 bits per heavy atom. The topological polar surface area (TPSA) is 92.5 Å². The van der Waals surface area contributed by atoms with Gasteiger partial charge in [-0.3, -0.25) is 4.79 Å². The number of benzene rings is 1. The molecule has 0 saturated heterocycles. The second-order valence-corrected chi connectivity index (χ2v) is 6.15. The Labute approximate surface area is 122 Å². The van der Waals surface area contributed by atoms with E-state index < -0.39 is 44.2 Å². The number of nitrogen functional groups attached to an aromatic ring is 1. The van der Waals surface area contributed by atoms with Gasteiger partial charge in [-0.1, -0.05) is 0 Å². The molecule has 1 rings (SSSR count). The zero-order valence-corrected chi connectivity index (χ0v) is 12.7. The monoisotopic (exact) mass is 321 g/mol. The first-order chi connectivity index (χ1) is 9.61. The van der Waals surface area contributed by atoms with E-state index in [9.17, 15) is 22.0 Å². The van der Waals surface area contributed by atoms with Crippen molar-refractivity contribution < 1.29 is 22.0 Å². The van der Waals surface area contributed by atoms with Gasteiger partial charge in [0, 0.05) is 13.6 Å². The first kappa shape index (κ1) is 17.3. The van der Waals surface area contributed by atoms with Crippen LogP contribution in [0.2, 0.25) is 0 Å². The summed E-state index contributed by atoms with van der Waals surface area (Å²) in [5, 5.41) is 0. The molecule has 0 aliphatic rings. The van der Waals surface area contributed by atoms with Crippen LogP contribution >= 0.6 is 0 Å². The van der Waals surface area contributed by atoms with Gasteiger partial charge in [-0.15, -0.1) is 0 Å². The summed E-state index contributed by atoms with van der Waals surface area (Å²) in [6, 6.07) is 0.410. The van der Waals surface area contributed by atoms with Gasteiger partial charge in [-0.25, -0.2) is 17.2 Å². The van der Waals surface area contributed by atoms with Crippen molar-refractivity contribution in [3.05, 3.63) is 23.8 Å². The molecule has 0 aliphatic carbocycles. The Bertz CT molecular complexity index is 649. The number of carbonyl (C=O) groups excluding carboxylic acids is 1. The predicted molar refractivity (Wildman–Crippen MR) is 73.9 cm³/mol. The Morgan fingerprint density at radius 1 is 1.43 bits per heavy atom. The molecule has 0 aromatic heterocycles. The molecule has 0 spiro atoms. The molecule has 1 aromatic carbocycles. The molecule has 118 valence electrons. The standard InChI is InChI=1S/C12H17F2N3O3S/c1-4-17(3)12(18)7(2)16-21(19,20)9-6-5-8(13)11(15)10(9)14/h5-7,16H,4,15H2,1-3H3. The number of halogens is 2. The number of nitrogens with zero attached hydrogens (tertiary/aromatic N) is 1. The highest BCUT2D eigenvalue weighted by Crippen LogP contribution is 2.22. The van der Waals surface area contributed by atoms with Crippen molar-refractivity contribution in [1.82, 2.24) is 9.62 Å². The third-order valence-corrected chi connectivity index (χ3v) is 4.49. The van der Waals surface area contributed by atoms with Crippen LogP contribution < -0.4 is 10.5 Å². The van der Waals surface area contributed by atoms with Crippen LogP contribution in [0, 0.1) is 11.6 Å². The predicted octanol–water partition coefficient (Wildman–Crippen LogP) is 0.692. The third-order valence-electron chi connectivity index (χ3n) is 2.93. The summed E-state index contributed by atoms with van der Waals surface area (Å²) in [7, 11) is -2.83. The van der Waals surface area contributed by atoms with Gasteiger partial charge in [0.2, 0.25) is 15.9 Å². The second-order valence-electron chi connectivity index (χ2n) is 4.47. The molecule has 3 N–H and O–H groups in total. The highest BCUT2D eigenvalue weighted by atomic mass is 32.2. The van der Waals surface area contributed by atoms with Gasteiger partial charge in [-0.2, -0.15) is 4.72 Å². The maximum atomic E-state index is 13.8. The lowest BCUT2D eigenvalue weighted by molar-refractivity contribution is -0.131. The van der Waals surface area contributed by atoms with Crippen molar-refractivity contribution >= 4 is 21.6 Å². The van der Waals surface area contributed by atoms with Crippen LogP contribution in [0.4, 0.5) is 14.5 Å². The average Bonchev–Trinajstić information content (AvgIpc) is 2.42. The first-order valence-corrected chi connectivity index (χ1v) is 7.61. The fraction of sp³-hybridized carbons (Fsp3) is 0.417. The van der Waals surface area contributed by atoms with Crippen molar-refractivity contribution in [3.8, 4) is 0 Å². The second kappa shape index (κ2) is 6.35. The van der Waals surface area contributed by atoms with E-state index >= 15 is 0 Å². The number of likely N-dealkylation sites (N-methyl/N-ethyl adjacent to an activating group) is 1. The minimum absolute atomic E-state index is 0.392. The van der Waals surface area contributed by atoms with Gasteiger partial charge < -0.3 is 10.6 Å². The van der Waals surface area contributed by atoms with E-state index in [0.717, 1.165) is 12.1 Å². The van der Waals surface area contributed by atoms with Crippen molar-refractivity contribution in [2.75, 3.05) is 19.3 Å². The van der Waals surface area contributed by atoms with Crippen LogP contribution in [0.15, 0.2) is 17.0 Å². The van der Waals surface area contributed by atoms with Crippen LogP contribution in [0.5, 0.6) is 0 Å². The number of hydrogen-bond donors (Lipinski definition) is 2. The lowest BCUT2D eigenvalue weighted by Crippen LogP contribution is -2.45. The Hall–Kier alpha value is -1.74. The molecule has 0 aliphatic heterocycles. The van der Waals surface area contributed by atoms with Crippen LogP contribution in [0.25, 0.3) is 0 Å². The summed E-state index contributed by atoms with van der Waals surface area (Å²) in [5.41, 5.74) is 4.24. The highest BCUT2D eigenvalue weighted by Gasteiger charge is 2.27. The Balaban J connectivity index is 3.08. The maximum Gasteiger partial charge on any atom is 0.244 e. The van der Waals surface area contributed by atoms with Gasteiger partial charge in [0.1, 0.15) is 16.4 Å². The number of rotatable bonds is 5. The van der Waals surface area contributed by atoms with Crippen LogP contribution in [0.3, 0.4) is 0 Å². The number of nitrogens with one attached hydrogen (secondary N) is 1. The minimum Gasteiger partial charge on any atom is -0.394 e. The summed E-state index contributed by atoms with van der Waals surface area (Å²) in [6.45, 7) is 3.44. The van der Waals surface area contributed by atoms with Gasteiger partial charge >= 0.3 is 0 Å². The minimum atomic E-state index is -4.34. The fourth-order valence-corrected chi connectivity index (χ4v) is 2.88. The van der Waals surface area contributed by atoms with Crippen molar-refractivity contribution in [3.63, 3.8) is 0 Å². The van der Waals surface area contributed by atoms with Crippen molar-refractivity contribution in [2.45, 2.75) is 24.8 Å². The summed E-state index contributed by atoms with van der Waals surface area (Å²) < 4.78 is 52.9. The first-order valence-electron chi connectivity index (χ1n) is 6.12. The Morgan fingerprint density at radius 3 is 2.52 bits per heavy atom. The van der Waals surface area contributed by atoms with E-state index in [-0.39, 0.29) is 0 Å². The molecule has 0 radical (unpaired) electrons. The number of hydrogen-bond acceptors (Lipinski definition) is 4. The van der Waals surface area contributed by atoms with Crippen LogP contribution in [-0.2, 0) is 14.8 Å². The largest absolute Gasteiger partial charge is 0.394 e. The van der Waals surface area contributed by atoms with E-state index in [1.54, 1.807) is 6.92 Å². The maximum absolute atomic E-state index is 13.8. The molecular weight excluding hydrogens is 304 g/mol. The number of anilines is 1. The molecule has 0 saturated carbocycles. The van der Waals surface area contributed by atoms with Gasteiger partial charge in [-0.05, 0) is 26.0 Å². The molecule has 1 unspecified atom stereocenters. The summed E-state index contributed by atoms with van der Waals surface area (Å²) in [5.74, 6) is -2.91. The van der Waals surface area contributed by atoms with Crippen LogP contribution in [-0.4, -0.2) is 38.9 Å². The zero-order valence-electron chi connectivity index (χ0n) is 11.9. The molecule has 0 heterocycles. The van der Waals surface area contributed by atoms with Crippen molar-refractivity contribution in [1.29, 1.82) is 0 Å². The molecule has 1 atom stereocenters. The van der Waals surface area contributed by atoms with Gasteiger partial charge in [0.25, 0.3) is 0 Å². The number of nitrogens with two attached hydrogens (primary N) is 1. The number of sulfonamides is 1. The molecule has 9 heteroatoms. The lowest BCUT2D eigenvalue weighted by Gasteiger charge is -2.20. The van der Waals surface area contributed by atoms with E-state index in [0.29, 0.717) is 6.54 Å². The molecule has 1 aromatic rings. The summed E-state index contributed by atoms with van der Waals surface area (Å²) in [6.07, 6.45) is 0. The zero-order chi connectivity index (χ0) is 16.4.